The number of aromatic nitrogens is 1. The third-order valence-electron chi connectivity index (χ3n) is 2.36. The van der Waals surface area contributed by atoms with Crippen molar-refractivity contribution < 1.29 is 9.53 Å². The van der Waals surface area contributed by atoms with Crippen LogP contribution in [0.4, 0.5) is 5.69 Å². The molecule has 0 saturated carbocycles. The molecule has 1 aromatic carbocycles. The summed E-state index contributed by atoms with van der Waals surface area (Å²) in [4.78, 5) is 16.1. The van der Waals surface area contributed by atoms with Gasteiger partial charge in [-0.25, -0.2) is 4.98 Å². The first kappa shape index (κ1) is 14.0. The fraction of sp³-hybridized carbons (Fsp3) is 0.0769. The molecule has 19 heavy (non-hydrogen) atoms. The molecule has 0 fully saturated rings. The standard InChI is InChI=1S/C13H10Br2N2O2/c1-19-11-6-5-8(7-9(11)14)16-13(18)10-3-2-4-12(15)17-10/h2-7H,1H3,(H,16,18). The molecular formula is C13H10Br2N2O2. The maximum Gasteiger partial charge on any atom is 0.274 e. The molecule has 0 radical (unpaired) electrons. The van der Waals surface area contributed by atoms with Crippen LogP contribution in [0.2, 0.25) is 0 Å². The van der Waals surface area contributed by atoms with Gasteiger partial charge in [0.1, 0.15) is 16.0 Å². The maximum absolute atomic E-state index is 12.0. The van der Waals surface area contributed by atoms with Crippen LogP contribution in [0.5, 0.6) is 5.75 Å². The first-order valence-electron chi connectivity index (χ1n) is 5.37. The largest absolute Gasteiger partial charge is 0.496 e. The number of halogens is 2. The SMILES string of the molecule is COc1ccc(NC(=O)c2cccc(Br)n2)cc1Br. The fourth-order valence-corrected chi connectivity index (χ4v) is 2.36. The highest BCUT2D eigenvalue weighted by Crippen LogP contribution is 2.27. The lowest BCUT2D eigenvalue weighted by Crippen LogP contribution is -2.13. The summed E-state index contributed by atoms with van der Waals surface area (Å²) >= 11 is 6.60. The van der Waals surface area contributed by atoms with Gasteiger partial charge < -0.3 is 10.1 Å². The minimum Gasteiger partial charge on any atom is -0.496 e. The highest BCUT2D eigenvalue weighted by atomic mass is 79.9. The number of rotatable bonds is 3. The molecule has 0 bridgehead atoms. The van der Waals surface area contributed by atoms with Crippen LogP contribution in [0.1, 0.15) is 10.5 Å². The molecule has 0 saturated heterocycles. The molecule has 2 rings (SSSR count). The van der Waals surface area contributed by atoms with Crippen LogP contribution in [0.25, 0.3) is 0 Å². The Balaban J connectivity index is 2.17. The number of hydrogen-bond acceptors (Lipinski definition) is 3. The van der Waals surface area contributed by atoms with Crippen LogP contribution >= 0.6 is 31.9 Å². The molecule has 0 aliphatic heterocycles. The summed E-state index contributed by atoms with van der Waals surface area (Å²) in [5.74, 6) is 0.442. The monoisotopic (exact) mass is 384 g/mol. The number of nitrogens with zero attached hydrogens (tertiary/aromatic N) is 1. The van der Waals surface area contributed by atoms with Gasteiger partial charge in [0.05, 0.1) is 11.6 Å². The molecule has 0 aliphatic carbocycles. The minimum absolute atomic E-state index is 0.265. The number of ether oxygens (including phenoxy) is 1. The van der Waals surface area contributed by atoms with Gasteiger partial charge in [-0.3, -0.25) is 4.79 Å². The fourth-order valence-electron chi connectivity index (χ4n) is 1.47. The van der Waals surface area contributed by atoms with Gasteiger partial charge in [-0.15, -0.1) is 0 Å². The Hall–Kier alpha value is -1.40. The van der Waals surface area contributed by atoms with Gasteiger partial charge >= 0.3 is 0 Å². The highest BCUT2D eigenvalue weighted by molar-refractivity contribution is 9.10. The van der Waals surface area contributed by atoms with E-state index in [4.69, 9.17) is 4.74 Å². The van der Waals surface area contributed by atoms with Crippen molar-refractivity contribution >= 4 is 43.5 Å². The van der Waals surface area contributed by atoms with Gasteiger partial charge in [-0.2, -0.15) is 0 Å². The van der Waals surface area contributed by atoms with Crippen molar-refractivity contribution in [3.63, 3.8) is 0 Å². The van der Waals surface area contributed by atoms with Crippen LogP contribution in [-0.2, 0) is 0 Å². The molecule has 0 atom stereocenters. The number of pyridine rings is 1. The number of benzene rings is 1. The van der Waals surface area contributed by atoms with Gasteiger partial charge in [0, 0.05) is 5.69 Å². The Kier molecular flexibility index (Phi) is 4.55. The van der Waals surface area contributed by atoms with E-state index in [0.29, 0.717) is 21.7 Å². The lowest BCUT2D eigenvalue weighted by Gasteiger charge is -2.08. The van der Waals surface area contributed by atoms with Gasteiger partial charge in [-0.1, -0.05) is 6.07 Å². The number of amides is 1. The number of methoxy groups -OCH3 is 1. The molecule has 1 amide bonds. The maximum atomic E-state index is 12.0. The number of hydrogen-bond donors (Lipinski definition) is 1. The Labute approximate surface area is 127 Å². The molecular weight excluding hydrogens is 376 g/mol. The van der Waals surface area contributed by atoms with E-state index in [-0.39, 0.29) is 5.91 Å². The third kappa shape index (κ3) is 3.54. The van der Waals surface area contributed by atoms with Crippen LogP contribution in [0.15, 0.2) is 45.5 Å². The lowest BCUT2D eigenvalue weighted by atomic mass is 10.3. The molecule has 6 heteroatoms. The molecule has 4 nitrogen and oxygen atoms in total. The zero-order valence-electron chi connectivity index (χ0n) is 9.98. The third-order valence-corrected chi connectivity index (χ3v) is 3.42. The van der Waals surface area contributed by atoms with E-state index in [0.717, 1.165) is 4.47 Å². The molecule has 2 aromatic rings. The molecule has 1 N–H and O–H groups in total. The molecule has 0 spiro atoms. The first-order chi connectivity index (χ1) is 9.10. The van der Waals surface area contributed by atoms with Crippen molar-refractivity contribution in [1.82, 2.24) is 4.98 Å². The van der Waals surface area contributed by atoms with Crippen molar-refractivity contribution in [1.29, 1.82) is 0 Å². The Morgan fingerprint density at radius 2 is 2.05 bits per heavy atom. The van der Waals surface area contributed by atoms with E-state index in [1.165, 1.54) is 0 Å². The molecule has 0 unspecified atom stereocenters. The van der Waals surface area contributed by atoms with E-state index < -0.39 is 0 Å². The second-order valence-corrected chi connectivity index (χ2v) is 5.32. The molecule has 98 valence electrons. The normalized spacial score (nSPS) is 10.1. The summed E-state index contributed by atoms with van der Waals surface area (Å²) in [6, 6.07) is 10.5. The Bertz CT molecular complexity index is 617. The number of nitrogens with one attached hydrogen (secondary N) is 1. The summed E-state index contributed by atoms with van der Waals surface area (Å²) in [7, 11) is 1.59. The predicted octanol–water partition coefficient (Wildman–Crippen LogP) is 3.87. The summed E-state index contributed by atoms with van der Waals surface area (Å²) < 4.78 is 6.52. The average molecular weight is 386 g/mol. The highest BCUT2D eigenvalue weighted by Gasteiger charge is 2.09. The topological polar surface area (TPSA) is 51.2 Å². The Morgan fingerprint density at radius 1 is 1.26 bits per heavy atom. The quantitative estimate of drug-likeness (QED) is 0.816. The van der Waals surface area contributed by atoms with Gasteiger partial charge in [0.25, 0.3) is 5.91 Å². The van der Waals surface area contributed by atoms with E-state index in [2.05, 4.69) is 42.2 Å². The molecule has 1 heterocycles. The van der Waals surface area contributed by atoms with Gasteiger partial charge in [-0.05, 0) is 62.2 Å². The van der Waals surface area contributed by atoms with E-state index in [1.807, 2.05) is 0 Å². The summed E-state index contributed by atoms with van der Waals surface area (Å²) in [6.07, 6.45) is 0. The van der Waals surface area contributed by atoms with E-state index >= 15 is 0 Å². The first-order valence-corrected chi connectivity index (χ1v) is 6.96. The molecule has 1 aromatic heterocycles. The van der Waals surface area contributed by atoms with E-state index in [1.54, 1.807) is 43.5 Å². The lowest BCUT2D eigenvalue weighted by molar-refractivity contribution is 0.102. The summed E-state index contributed by atoms with van der Waals surface area (Å²) in [6.45, 7) is 0. The Morgan fingerprint density at radius 3 is 2.68 bits per heavy atom. The van der Waals surface area contributed by atoms with Crippen LogP contribution in [-0.4, -0.2) is 18.0 Å². The number of carbonyl (C=O) groups excluding carboxylic acids is 1. The second kappa shape index (κ2) is 6.16. The summed E-state index contributed by atoms with van der Waals surface area (Å²) in [5.41, 5.74) is 1.01. The van der Waals surface area contributed by atoms with Crippen molar-refractivity contribution in [2.45, 2.75) is 0 Å². The zero-order chi connectivity index (χ0) is 13.8. The van der Waals surface area contributed by atoms with Crippen LogP contribution < -0.4 is 10.1 Å². The zero-order valence-corrected chi connectivity index (χ0v) is 13.2. The van der Waals surface area contributed by atoms with Crippen molar-refractivity contribution in [2.75, 3.05) is 12.4 Å². The van der Waals surface area contributed by atoms with Crippen LogP contribution in [0.3, 0.4) is 0 Å². The van der Waals surface area contributed by atoms with Crippen LogP contribution in [0, 0.1) is 0 Å². The van der Waals surface area contributed by atoms with Crippen molar-refractivity contribution in [3.05, 3.63) is 51.2 Å². The smallest absolute Gasteiger partial charge is 0.274 e. The van der Waals surface area contributed by atoms with E-state index in [9.17, 15) is 4.79 Å². The molecule has 0 aliphatic rings. The average Bonchev–Trinajstić information content (AvgIpc) is 2.39. The van der Waals surface area contributed by atoms with Gasteiger partial charge in [0.2, 0.25) is 0 Å². The predicted molar refractivity (Wildman–Crippen MR) is 80.6 cm³/mol. The number of anilines is 1. The van der Waals surface area contributed by atoms with Crippen molar-refractivity contribution in [3.8, 4) is 5.75 Å². The second-order valence-electron chi connectivity index (χ2n) is 3.65. The minimum atomic E-state index is -0.265. The summed E-state index contributed by atoms with van der Waals surface area (Å²) in [5, 5.41) is 2.77. The number of carbonyl (C=O) groups is 1. The van der Waals surface area contributed by atoms with Crippen molar-refractivity contribution in [2.24, 2.45) is 0 Å². The van der Waals surface area contributed by atoms with Gasteiger partial charge in [0.15, 0.2) is 0 Å².